The molecular formula is C18H21ClN2O3S2. The van der Waals surface area contributed by atoms with E-state index >= 15 is 0 Å². The summed E-state index contributed by atoms with van der Waals surface area (Å²) in [5, 5.41) is 5.43. The fourth-order valence-electron chi connectivity index (χ4n) is 3.03. The van der Waals surface area contributed by atoms with E-state index in [9.17, 15) is 13.2 Å². The Balaban J connectivity index is 1.65. The van der Waals surface area contributed by atoms with Gasteiger partial charge in [0, 0.05) is 23.0 Å². The van der Waals surface area contributed by atoms with E-state index in [1.54, 1.807) is 23.5 Å². The van der Waals surface area contributed by atoms with Crippen LogP contribution in [-0.2, 0) is 21.4 Å². The van der Waals surface area contributed by atoms with Gasteiger partial charge in [0.25, 0.3) is 0 Å². The van der Waals surface area contributed by atoms with Gasteiger partial charge in [-0.25, -0.2) is 8.42 Å². The molecule has 0 spiro atoms. The van der Waals surface area contributed by atoms with Crippen molar-refractivity contribution in [1.82, 2.24) is 9.62 Å². The first-order chi connectivity index (χ1) is 12.4. The van der Waals surface area contributed by atoms with E-state index in [1.165, 1.54) is 16.4 Å². The SMILES string of the molecule is Cc1ccsc1CNC(=O)C1CCCN(S(=O)(=O)c2ccc(Cl)cc2)C1. The Morgan fingerprint density at radius 1 is 1.31 bits per heavy atom. The number of carbonyl (C=O) groups excluding carboxylic acids is 1. The van der Waals surface area contributed by atoms with Crippen molar-refractivity contribution in [2.24, 2.45) is 5.92 Å². The highest BCUT2D eigenvalue weighted by Crippen LogP contribution is 2.25. The molecule has 5 nitrogen and oxygen atoms in total. The minimum atomic E-state index is -3.61. The van der Waals surface area contributed by atoms with Crippen LogP contribution in [0.4, 0.5) is 0 Å². The lowest BCUT2D eigenvalue weighted by Gasteiger charge is -2.31. The third-order valence-corrected chi connectivity index (χ3v) is 7.75. The maximum Gasteiger partial charge on any atom is 0.243 e. The number of nitrogens with zero attached hydrogens (tertiary/aromatic N) is 1. The van der Waals surface area contributed by atoms with Crippen molar-refractivity contribution in [2.75, 3.05) is 13.1 Å². The van der Waals surface area contributed by atoms with Crippen LogP contribution < -0.4 is 5.32 Å². The third kappa shape index (κ3) is 4.28. The number of aryl methyl sites for hydroxylation is 1. The molecule has 26 heavy (non-hydrogen) atoms. The monoisotopic (exact) mass is 412 g/mol. The first-order valence-corrected chi connectivity index (χ1v) is 11.1. The fraction of sp³-hybridized carbons (Fsp3) is 0.389. The molecule has 1 aliphatic rings. The number of piperidine rings is 1. The average molecular weight is 413 g/mol. The molecular weight excluding hydrogens is 392 g/mol. The van der Waals surface area contributed by atoms with Crippen LogP contribution >= 0.6 is 22.9 Å². The minimum Gasteiger partial charge on any atom is -0.351 e. The molecule has 3 rings (SSSR count). The number of hydrogen-bond acceptors (Lipinski definition) is 4. The van der Waals surface area contributed by atoms with Gasteiger partial charge in [-0.2, -0.15) is 4.31 Å². The number of benzene rings is 1. The Morgan fingerprint density at radius 3 is 2.69 bits per heavy atom. The van der Waals surface area contributed by atoms with Gasteiger partial charge in [-0.3, -0.25) is 4.79 Å². The number of thiophene rings is 1. The quantitative estimate of drug-likeness (QED) is 0.818. The summed E-state index contributed by atoms with van der Waals surface area (Å²) in [5.74, 6) is -0.417. The lowest BCUT2D eigenvalue weighted by Crippen LogP contribution is -2.45. The summed E-state index contributed by atoms with van der Waals surface area (Å²) in [6, 6.07) is 8.15. The largest absolute Gasteiger partial charge is 0.351 e. The summed E-state index contributed by atoms with van der Waals surface area (Å²) in [6.07, 6.45) is 1.37. The van der Waals surface area contributed by atoms with E-state index in [1.807, 2.05) is 18.4 Å². The van der Waals surface area contributed by atoms with Crippen molar-refractivity contribution >= 4 is 38.9 Å². The summed E-state index contributed by atoms with van der Waals surface area (Å²) >= 11 is 7.45. The van der Waals surface area contributed by atoms with Crippen LogP contribution in [0.1, 0.15) is 23.3 Å². The Morgan fingerprint density at radius 2 is 2.04 bits per heavy atom. The number of hydrogen-bond donors (Lipinski definition) is 1. The molecule has 1 aliphatic heterocycles. The fourth-order valence-corrected chi connectivity index (χ4v) is 5.52. The van der Waals surface area contributed by atoms with Crippen LogP contribution in [0, 0.1) is 12.8 Å². The Labute approximate surface area is 163 Å². The number of sulfonamides is 1. The minimum absolute atomic E-state index is 0.0891. The summed E-state index contributed by atoms with van der Waals surface area (Å²) in [4.78, 5) is 13.8. The molecule has 8 heteroatoms. The summed E-state index contributed by atoms with van der Waals surface area (Å²) in [7, 11) is -3.61. The van der Waals surface area contributed by atoms with E-state index in [-0.39, 0.29) is 23.3 Å². The highest BCUT2D eigenvalue weighted by Gasteiger charge is 2.33. The Kier molecular flexibility index (Phi) is 6.02. The van der Waals surface area contributed by atoms with Gasteiger partial charge in [-0.1, -0.05) is 11.6 Å². The van der Waals surface area contributed by atoms with Crippen molar-refractivity contribution in [3.63, 3.8) is 0 Å². The average Bonchev–Trinajstić information content (AvgIpc) is 3.05. The predicted octanol–water partition coefficient (Wildman–Crippen LogP) is 3.43. The number of amides is 1. The second-order valence-electron chi connectivity index (χ2n) is 6.40. The van der Waals surface area contributed by atoms with Crippen LogP contribution in [0.3, 0.4) is 0 Å². The van der Waals surface area contributed by atoms with Gasteiger partial charge in [-0.05, 0) is 61.0 Å². The van der Waals surface area contributed by atoms with Crippen LogP contribution in [0.2, 0.25) is 5.02 Å². The Bertz CT molecular complexity index is 878. The molecule has 2 aromatic rings. The molecule has 1 amide bonds. The van der Waals surface area contributed by atoms with E-state index < -0.39 is 10.0 Å². The van der Waals surface area contributed by atoms with Gasteiger partial charge in [-0.15, -0.1) is 11.3 Å². The second-order valence-corrected chi connectivity index (χ2v) is 9.78. The lowest BCUT2D eigenvalue weighted by atomic mass is 9.99. The zero-order valence-corrected chi connectivity index (χ0v) is 16.8. The van der Waals surface area contributed by atoms with E-state index in [0.29, 0.717) is 31.0 Å². The number of rotatable bonds is 5. The number of nitrogens with one attached hydrogen (secondary N) is 1. The van der Waals surface area contributed by atoms with Crippen molar-refractivity contribution in [3.8, 4) is 0 Å². The highest BCUT2D eigenvalue weighted by molar-refractivity contribution is 7.89. The highest BCUT2D eigenvalue weighted by atomic mass is 35.5. The van der Waals surface area contributed by atoms with Gasteiger partial charge in [0.05, 0.1) is 17.4 Å². The van der Waals surface area contributed by atoms with Gasteiger partial charge in [0.2, 0.25) is 15.9 Å². The molecule has 1 aromatic carbocycles. The molecule has 0 saturated carbocycles. The second kappa shape index (κ2) is 8.08. The van der Waals surface area contributed by atoms with Crippen molar-refractivity contribution in [1.29, 1.82) is 0 Å². The van der Waals surface area contributed by atoms with Crippen molar-refractivity contribution < 1.29 is 13.2 Å². The molecule has 1 aromatic heterocycles. The first kappa shape index (κ1) is 19.4. The molecule has 0 bridgehead atoms. The molecule has 140 valence electrons. The lowest BCUT2D eigenvalue weighted by molar-refractivity contribution is -0.126. The topological polar surface area (TPSA) is 66.5 Å². The van der Waals surface area contributed by atoms with E-state index in [4.69, 9.17) is 11.6 Å². The maximum atomic E-state index is 12.8. The molecule has 1 fully saturated rings. The predicted molar refractivity (Wildman–Crippen MR) is 104 cm³/mol. The molecule has 1 atom stereocenters. The van der Waals surface area contributed by atoms with E-state index in [2.05, 4.69) is 5.32 Å². The molecule has 1 unspecified atom stereocenters. The summed E-state index contributed by atoms with van der Waals surface area (Å²) in [6.45, 7) is 3.14. The van der Waals surface area contributed by atoms with Gasteiger partial charge in [0.1, 0.15) is 0 Å². The van der Waals surface area contributed by atoms with Crippen LogP contribution in [0.5, 0.6) is 0 Å². The maximum absolute atomic E-state index is 12.8. The summed E-state index contributed by atoms with van der Waals surface area (Å²) in [5.41, 5.74) is 1.16. The number of carbonyl (C=O) groups is 1. The van der Waals surface area contributed by atoms with Gasteiger partial charge < -0.3 is 5.32 Å². The van der Waals surface area contributed by atoms with Crippen molar-refractivity contribution in [2.45, 2.75) is 31.2 Å². The number of halogens is 1. The zero-order valence-electron chi connectivity index (χ0n) is 14.4. The summed E-state index contributed by atoms with van der Waals surface area (Å²) < 4.78 is 27.0. The van der Waals surface area contributed by atoms with Gasteiger partial charge >= 0.3 is 0 Å². The smallest absolute Gasteiger partial charge is 0.243 e. The molecule has 1 saturated heterocycles. The van der Waals surface area contributed by atoms with E-state index in [0.717, 1.165) is 10.4 Å². The normalized spacial score (nSPS) is 18.6. The van der Waals surface area contributed by atoms with Crippen LogP contribution in [0.15, 0.2) is 40.6 Å². The van der Waals surface area contributed by atoms with Crippen LogP contribution in [-0.4, -0.2) is 31.7 Å². The molecule has 2 heterocycles. The third-order valence-electron chi connectivity index (χ3n) is 4.60. The Hall–Kier alpha value is -1.41. The molecule has 0 aliphatic carbocycles. The van der Waals surface area contributed by atoms with Crippen molar-refractivity contribution in [3.05, 3.63) is 51.2 Å². The zero-order chi connectivity index (χ0) is 18.7. The first-order valence-electron chi connectivity index (χ1n) is 8.44. The van der Waals surface area contributed by atoms with Crippen LogP contribution in [0.25, 0.3) is 0 Å². The molecule has 0 radical (unpaired) electrons. The molecule has 1 N–H and O–H groups in total. The van der Waals surface area contributed by atoms with Gasteiger partial charge in [0.15, 0.2) is 0 Å². The standard InChI is InChI=1S/C18H21ClN2O3S2/c1-13-8-10-25-17(13)11-20-18(22)14-3-2-9-21(12-14)26(23,24)16-6-4-15(19)5-7-16/h4-8,10,14H,2-3,9,11-12H2,1H3,(H,20,22).